The van der Waals surface area contributed by atoms with Gasteiger partial charge in [0.1, 0.15) is 0 Å². The Labute approximate surface area is 270 Å². The van der Waals surface area contributed by atoms with E-state index in [0.29, 0.717) is 5.56 Å². The lowest BCUT2D eigenvalue weighted by Gasteiger charge is -2.12. The highest BCUT2D eigenvalue weighted by Gasteiger charge is 2.21. The molecule has 10 rings (SSSR count). The van der Waals surface area contributed by atoms with Gasteiger partial charge in [-0.25, -0.2) is 0 Å². The summed E-state index contributed by atoms with van der Waals surface area (Å²) in [5, 5.41) is 17.0. The maximum Gasteiger partial charge on any atom is 0.0992 e. The third kappa shape index (κ3) is 3.57. The van der Waals surface area contributed by atoms with Crippen LogP contribution in [0.5, 0.6) is 0 Å². The summed E-state index contributed by atoms with van der Waals surface area (Å²) in [7, 11) is 0. The van der Waals surface area contributed by atoms with E-state index in [-0.39, 0.29) is 0 Å². The average molecular weight is 599 g/mol. The summed E-state index contributed by atoms with van der Waals surface area (Å²) < 4.78 is 7.12. The van der Waals surface area contributed by atoms with Crippen molar-refractivity contribution in [3.63, 3.8) is 0 Å². The summed E-state index contributed by atoms with van der Waals surface area (Å²) in [6.45, 7) is 0. The Balaban J connectivity index is 1.35. The molecule has 0 aliphatic rings. The third-order valence-electron chi connectivity index (χ3n) is 9.64. The van der Waals surface area contributed by atoms with Crippen LogP contribution in [0.1, 0.15) is 5.56 Å². The van der Waals surface area contributed by atoms with Crippen molar-refractivity contribution in [1.82, 2.24) is 13.7 Å². The lowest BCUT2D eigenvalue weighted by atomic mass is 10.1. The van der Waals surface area contributed by atoms with Crippen molar-refractivity contribution < 1.29 is 0 Å². The van der Waals surface area contributed by atoms with Crippen molar-refractivity contribution in [2.24, 2.45) is 0 Å². The Kier molecular flexibility index (Phi) is 5.32. The molecule has 0 radical (unpaired) electrons. The van der Waals surface area contributed by atoms with E-state index in [0.717, 1.165) is 49.9 Å². The molecule has 0 fully saturated rings. The van der Waals surface area contributed by atoms with Crippen LogP contribution in [-0.4, -0.2) is 13.7 Å². The van der Waals surface area contributed by atoms with Crippen LogP contribution in [0.2, 0.25) is 0 Å². The minimum absolute atomic E-state index is 0.651. The van der Waals surface area contributed by atoms with Crippen LogP contribution in [-0.2, 0) is 0 Å². The predicted molar refractivity (Wildman–Crippen MR) is 194 cm³/mol. The second-order valence-electron chi connectivity index (χ2n) is 12.1. The Morgan fingerprint density at radius 3 is 1.62 bits per heavy atom. The van der Waals surface area contributed by atoms with Gasteiger partial charge in [-0.2, -0.15) is 5.26 Å². The monoisotopic (exact) mass is 598 g/mol. The van der Waals surface area contributed by atoms with E-state index >= 15 is 0 Å². The van der Waals surface area contributed by atoms with Crippen LogP contribution in [0, 0.1) is 11.3 Å². The van der Waals surface area contributed by atoms with Gasteiger partial charge in [0.25, 0.3) is 0 Å². The van der Waals surface area contributed by atoms with E-state index in [4.69, 9.17) is 0 Å². The van der Waals surface area contributed by atoms with Crippen LogP contribution in [0.3, 0.4) is 0 Å². The summed E-state index contributed by atoms with van der Waals surface area (Å²) in [5.74, 6) is 0. The number of rotatable bonds is 3. The van der Waals surface area contributed by atoms with Gasteiger partial charge in [-0.05, 0) is 66.7 Å². The largest absolute Gasteiger partial charge is 0.309 e. The number of para-hydroxylation sites is 4. The van der Waals surface area contributed by atoms with Gasteiger partial charge in [-0.3, -0.25) is 0 Å². The summed E-state index contributed by atoms with van der Waals surface area (Å²) in [6.07, 6.45) is 0. The highest BCUT2D eigenvalue weighted by Crippen LogP contribution is 2.42. The molecular formula is C43H26N4. The maximum absolute atomic E-state index is 9.75. The maximum atomic E-state index is 9.75. The molecule has 0 spiro atoms. The molecule has 0 atom stereocenters. The van der Waals surface area contributed by atoms with Crippen LogP contribution in [0.4, 0.5) is 0 Å². The topological polar surface area (TPSA) is 38.6 Å². The van der Waals surface area contributed by atoms with Gasteiger partial charge in [-0.15, -0.1) is 0 Å². The predicted octanol–water partition coefficient (Wildman–Crippen LogP) is 10.8. The summed E-state index contributed by atoms with van der Waals surface area (Å²) in [4.78, 5) is 0. The molecule has 3 heterocycles. The molecule has 0 aliphatic carbocycles. The van der Waals surface area contributed by atoms with E-state index in [2.05, 4.69) is 159 Å². The van der Waals surface area contributed by atoms with Crippen molar-refractivity contribution in [1.29, 1.82) is 5.26 Å². The highest BCUT2D eigenvalue weighted by atomic mass is 15.0. The van der Waals surface area contributed by atoms with Gasteiger partial charge in [0.2, 0.25) is 0 Å². The number of fused-ring (bicyclic) bond motifs is 10. The van der Waals surface area contributed by atoms with Crippen molar-refractivity contribution in [3.8, 4) is 23.1 Å². The van der Waals surface area contributed by atoms with E-state index < -0.39 is 0 Å². The Hall–Kier alpha value is -6.57. The Morgan fingerprint density at radius 2 is 0.894 bits per heavy atom. The molecule has 3 aromatic heterocycles. The van der Waals surface area contributed by atoms with Crippen molar-refractivity contribution in [2.45, 2.75) is 0 Å². The normalized spacial score (nSPS) is 11.8. The second kappa shape index (κ2) is 9.71. The van der Waals surface area contributed by atoms with Crippen molar-refractivity contribution >= 4 is 65.4 Å². The molecule has 4 nitrogen and oxygen atoms in total. The van der Waals surface area contributed by atoms with Gasteiger partial charge in [0.05, 0.1) is 44.7 Å². The number of aromatic nitrogens is 3. The SMILES string of the molecule is N#Cc1ccc2c3ccc(-n4c5ccccc5c5c4ccc4c6ccccc6n(-c6ccccc6)c45)cc3n(-c3ccccc3)c2c1. The number of hydrogen-bond donors (Lipinski definition) is 0. The van der Waals surface area contributed by atoms with Crippen LogP contribution >= 0.6 is 0 Å². The van der Waals surface area contributed by atoms with Gasteiger partial charge in [-0.1, -0.05) is 91.0 Å². The summed E-state index contributed by atoms with van der Waals surface area (Å²) in [6, 6.07) is 58.3. The molecule has 47 heavy (non-hydrogen) atoms. The zero-order valence-electron chi connectivity index (χ0n) is 25.3. The first-order chi connectivity index (χ1) is 23.3. The number of hydrogen-bond acceptors (Lipinski definition) is 1. The number of nitriles is 1. The Morgan fingerprint density at radius 1 is 0.362 bits per heavy atom. The fraction of sp³-hybridized carbons (Fsp3) is 0. The molecule has 0 N–H and O–H groups in total. The van der Waals surface area contributed by atoms with Gasteiger partial charge < -0.3 is 13.7 Å². The van der Waals surface area contributed by atoms with E-state index in [1.807, 2.05) is 18.2 Å². The molecule has 7 aromatic carbocycles. The molecule has 0 aliphatic heterocycles. The highest BCUT2D eigenvalue weighted by molar-refractivity contribution is 6.26. The van der Waals surface area contributed by atoms with Crippen molar-refractivity contribution in [2.75, 3.05) is 0 Å². The quantitative estimate of drug-likeness (QED) is 0.199. The first kappa shape index (κ1) is 25.7. The molecule has 0 saturated heterocycles. The van der Waals surface area contributed by atoms with Crippen LogP contribution in [0.15, 0.2) is 158 Å². The van der Waals surface area contributed by atoms with Gasteiger partial charge in [0.15, 0.2) is 0 Å². The number of benzene rings is 7. The minimum Gasteiger partial charge on any atom is -0.309 e. The molecular weight excluding hydrogens is 573 g/mol. The number of nitrogens with zero attached hydrogens (tertiary/aromatic N) is 4. The van der Waals surface area contributed by atoms with Gasteiger partial charge >= 0.3 is 0 Å². The fourth-order valence-corrected chi connectivity index (χ4v) is 7.70. The molecule has 4 heteroatoms. The molecule has 218 valence electrons. The summed E-state index contributed by atoms with van der Waals surface area (Å²) >= 11 is 0. The zero-order chi connectivity index (χ0) is 31.1. The van der Waals surface area contributed by atoms with E-state index in [1.165, 1.54) is 32.6 Å². The zero-order valence-corrected chi connectivity index (χ0v) is 25.3. The average Bonchev–Trinajstić information content (AvgIpc) is 3.77. The van der Waals surface area contributed by atoms with E-state index in [1.54, 1.807) is 0 Å². The molecule has 10 aromatic rings. The molecule has 0 saturated carbocycles. The fourth-order valence-electron chi connectivity index (χ4n) is 7.70. The summed E-state index contributed by atoms with van der Waals surface area (Å²) in [5.41, 5.74) is 10.8. The van der Waals surface area contributed by atoms with Crippen molar-refractivity contribution in [3.05, 3.63) is 163 Å². The van der Waals surface area contributed by atoms with Crippen LogP contribution in [0.25, 0.3) is 82.5 Å². The Bertz CT molecular complexity index is 2900. The standard InChI is InChI=1S/C43H26N4/c44-27-28-19-21-33-34-22-20-31(26-41(34)45(40(33)25-28)29-11-3-1-4-12-29)46-38-18-10-8-16-36(38)42-39(46)24-23-35-32-15-7-9-17-37(32)47(43(35)42)30-13-5-2-6-14-30/h1-26H. The first-order valence-electron chi connectivity index (χ1n) is 15.8. The lowest BCUT2D eigenvalue weighted by Crippen LogP contribution is -1.97. The van der Waals surface area contributed by atoms with E-state index in [9.17, 15) is 5.26 Å². The minimum atomic E-state index is 0.651. The third-order valence-corrected chi connectivity index (χ3v) is 9.64. The van der Waals surface area contributed by atoms with Crippen LogP contribution < -0.4 is 0 Å². The molecule has 0 amide bonds. The molecule has 0 bridgehead atoms. The first-order valence-corrected chi connectivity index (χ1v) is 15.8. The second-order valence-corrected chi connectivity index (χ2v) is 12.1. The smallest absolute Gasteiger partial charge is 0.0992 e. The lowest BCUT2D eigenvalue weighted by molar-refractivity contribution is 1.15. The molecule has 0 unspecified atom stereocenters. The van der Waals surface area contributed by atoms with Gasteiger partial charge in [0, 0.05) is 49.4 Å².